The number of hydrogen-bond acceptors (Lipinski definition) is 3. The van der Waals surface area contributed by atoms with E-state index in [9.17, 15) is 9.59 Å². The molecule has 0 saturated heterocycles. The molecule has 4 nitrogen and oxygen atoms in total. The van der Waals surface area contributed by atoms with E-state index in [-0.39, 0.29) is 11.7 Å². The number of ketones is 1. The first-order valence-corrected chi connectivity index (χ1v) is 9.01. The van der Waals surface area contributed by atoms with Gasteiger partial charge in [-0.25, -0.2) is 0 Å². The van der Waals surface area contributed by atoms with Crippen molar-refractivity contribution in [3.63, 3.8) is 0 Å². The van der Waals surface area contributed by atoms with Crippen LogP contribution in [0.3, 0.4) is 0 Å². The highest BCUT2D eigenvalue weighted by Gasteiger charge is 2.17. The summed E-state index contributed by atoms with van der Waals surface area (Å²) in [6.07, 6.45) is 0.787. The van der Waals surface area contributed by atoms with Gasteiger partial charge in [0.05, 0.1) is 5.56 Å². The molecular formula is C23H22N2O2. The second-order valence-electron chi connectivity index (χ2n) is 6.14. The molecule has 3 rings (SSSR count). The molecule has 0 saturated carbocycles. The molecule has 0 bridgehead atoms. The summed E-state index contributed by atoms with van der Waals surface area (Å²) in [6, 6.07) is 25.9. The molecule has 0 radical (unpaired) electrons. The van der Waals surface area contributed by atoms with E-state index in [1.807, 2.05) is 48.5 Å². The largest absolute Gasteiger partial charge is 0.385 e. The maximum atomic E-state index is 12.7. The summed E-state index contributed by atoms with van der Waals surface area (Å²) in [6.45, 7) is 1.29. The van der Waals surface area contributed by atoms with Gasteiger partial charge in [-0.3, -0.25) is 9.59 Å². The maximum Gasteiger partial charge on any atom is 0.252 e. The lowest BCUT2D eigenvalue weighted by Gasteiger charge is -2.10. The van der Waals surface area contributed by atoms with Crippen LogP contribution in [0.15, 0.2) is 84.9 Å². The summed E-state index contributed by atoms with van der Waals surface area (Å²) in [5.74, 6) is -0.373. The molecule has 0 unspecified atom stereocenters. The fourth-order valence-electron chi connectivity index (χ4n) is 2.80. The highest BCUT2D eigenvalue weighted by Crippen LogP contribution is 2.15. The summed E-state index contributed by atoms with van der Waals surface area (Å²) in [4.78, 5) is 25.3. The lowest BCUT2D eigenvalue weighted by atomic mass is 9.98. The smallest absolute Gasteiger partial charge is 0.252 e. The van der Waals surface area contributed by atoms with E-state index in [0.717, 1.165) is 18.7 Å². The zero-order chi connectivity index (χ0) is 18.9. The fourth-order valence-corrected chi connectivity index (χ4v) is 2.80. The Balaban J connectivity index is 1.56. The summed E-state index contributed by atoms with van der Waals surface area (Å²) < 4.78 is 0. The monoisotopic (exact) mass is 358 g/mol. The van der Waals surface area contributed by atoms with Gasteiger partial charge in [0.25, 0.3) is 5.91 Å². The molecule has 0 aromatic heterocycles. The molecule has 0 fully saturated rings. The number of rotatable bonds is 8. The van der Waals surface area contributed by atoms with Crippen molar-refractivity contribution >= 4 is 17.4 Å². The van der Waals surface area contributed by atoms with Gasteiger partial charge >= 0.3 is 0 Å². The lowest BCUT2D eigenvalue weighted by molar-refractivity contribution is 0.0942. The Morgan fingerprint density at radius 2 is 1.26 bits per heavy atom. The second-order valence-corrected chi connectivity index (χ2v) is 6.14. The molecule has 0 aliphatic heterocycles. The number of carbonyl (C=O) groups is 2. The van der Waals surface area contributed by atoms with Crippen LogP contribution in [-0.4, -0.2) is 24.8 Å². The molecule has 1 amide bonds. The molecule has 2 N–H and O–H groups in total. The first kappa shape index (κ1) is 18.4. The predicted octanol–water partition coefficient (Wildman–Crippen LogP) is 4.15. The highest BCUT2D eigenvalue weighted by atomic mass is 16.2. The number of para-hydroxylation sites is 1. The minimum atomic E-state index is -0.227. The van der Waals surface area contributed by atoms with E-state index in [2.05, 4.69) is 10.6 Å². The van der Waals surface area contributed by atoms with Gasteiger partial charge in [-0.1, -0.05) is 66.7 Å². The van der Waals surface area contributed by atoms with Crippen LogP contribution in [0.5, 0.6) is 0 Å². The summed E-state index contributed by atoms with van der Waals surface area (Å²) in [7, 11) is 0. The molecular weight excluding hydrogens is 336 g/mol. The zero-order valence-corrected chi connectivity index (χ0v) is 15.0. The summed E-state index contributed by atoms with van der Waals surface area (Å²) in [5, 5.41) is 6.20. The van der Waals surface area contributed by atoms with Gasteiger partial charge < -0.3 is 10.6 Å². The highest BCUT2D eigenvalue weighted by molar-refractivity contribution is 6.15. The average Bonchev–Trinajstić information content (AvgIpc) is 2.74. The van der Waals surface area contributed by atoms with E-state index in [1.165, 1.54) is 0 Å². The van der Waals surface area contributed by atoms with Crippen molar-refractivity contribution in [3.05, 3.63) is 102 Å². The summed E-state index contributed by atoms with van der Waals surface area (Å²) >= 11 is 0. The van der Waals surface area contributed by atoms with E-state index in [4.69, 9.17) is 0 Å². The lowest BCUT2D eigenvalue weighted by Crippen LogP contribution is -2.27. The second kappa shape index (κ2) is 9.34. The van der Waals surface area contributed by atoms with Crippen molar-refractivity contribution in [2.45, 2.75) is 6.42 Å². The molecule has 27 heavy (non-hydrogen) atoms. The first-order valence-electron chi connectivity index (χ1n) is 9.01. The van der Waals surface area contributed by atoms with Crippen LogP contribution in [0.25, 0.3) is 0 Å². The number of anilines is 1. The van der Waals surface area contributed by atoms with Gasteiger partial charge in [0.15, 0.2) is 5.78 Å². The van der Waals surface area contributed by atoms with Crippen LogP contribution in [0.2, 0.25) is 0 Å². The van der Waals surface area contributed by atoms with E-state index >= 15 is 0 Å². The van der Waals surface area contributed by atoms with Gasteiger partial charge in [-0.05, 0) is 24.6 Å². The Morgan fingerprint density at radius 1 is 0.667 bits per heavy atom. The minimum Gasteiger partial charge on any atom is -0.385 e. The third-order valence-electron chi connectivity index (χ3n) is 4.19. The van der Waals surface area contributed by atoms with Gasteiger partial charge in [0.2, 0.25) is 0 Å². The third-order valence-corrected chi connectivity index (χ3v) is 4.19. The molecule has 0 heterocycles. The van der Waals surface area contributed by atoms with Crippen molar-refractivity contribution in [1.82, 2.24) is 5.32 Å². The Labute approximate surface area is 159 Å². The van der Waals surface area contributed by atoms with Crippen molar-refractivity contribution in [2.75, 3.05) is 18.4 Å². The number of carbonyl (C=O) groups excluding carboxylic acids is 2. The van der Waals surface area contributed by atoms with Crippen molar-refractivity contribution < 1.29 is 9.59 Å². The van der Waals surface area contributed by atoms with Gasteiger partial charge in [-0.2, -0.15) is 0 Å². The van der Waals surface area contributed by atoms with E-state index in [0.29, 0.717) is 23.2 Å². The number of nitrogens with one attached hydrogen (secondary N) is 2. The molecule has 0 aliphatic carbocycles. The van der Waals surface area contributed by atoms with Crippen LogP contribution < -0.4 is 10.6 Å². The molecule has 4 heteroatoms. The molecule has 0 spiro atoms. The minimum absolute atomic E-state index is 0.146. The van der Waals surface area contributed by atoms with Crippen LogP contribution in [-0.2, 0) is 0 Å². The molecule has 3 aromatic rings. The first-order chi connectivity index (χ1) is 13.3. The van der Waals surface area contributed by atoms with Crippen molar-refractivity contribution in [2.24, 2.45) is 0 Å². The molecule has 0 atom stereocenters. The SMILES string of the molecule is O=C(NCCCNc1ccccc1)c1ccccc1C(=O)c1ccccc1. The third kappa shape index (κ3) is 5.05. The van der Waals surface area contributed by atoms with E-state index < -0.39 is 0 Å². The quantitative estimate of drug-likeness (QED) is 0.470. The predicted molar refractivity (Wildman–Crippen MR) is 108 cm³/mol. The Bertz CT molecular complexity index is 893. The van der Waals surface area contributed by atoms with Crippen molar-refractivity contribution in [3.8, 4) is 0 Å². The van der Waals surface area contributed by atoms with Gasteiger partial charge in [0.1, 0.15) is 0 Å². The zero-order valence-electron chi connectivity index (χ0n) is 15.0. The number of hydrogen-bond donors (Lipinski definition) is 2. The van der Waals surface area contributed by atoms with Crippen LogP contribution in [0, 0.1) is 0 Å². The van der Waals surface area contributed by atoms with E-state index in [1.54, 1.807) is 36.4 Å². The Morgan fingerprint density at radius 3 is 1.96 bits per heavy atom. The van der Waals surface area contributed by atoms with Crippen LogP contribution in [0.1, 0.15) is 32.7 Å². The van der Waals surface area contributed by atoms with Gasteiger partial charge in [-0.15, -0.1) is 0 Å². The van der Waals surface area contributed by atoms with Crippen molar-refractivity contribution in [1.29, 1.82) is 0 Å². The molecule has 3 aromatic carbocycles. The molecule has 136 valence electrons. The Hall–Kier alpha value is -3.40. The topological polar surface area (TPSA) is 58.2 Å². The number of amides is 1. The summed E-state index contributed by atoms with van der Waals surface area (Å²) in [5.41, 5.74) is 2.46. The standard InChI is InChI=1S/C23H22N2O2/c26-22(18-10-3-1-4-11-18)20-14-7-8-15-21(20)23(27)25-17-9-16-24-19-12-5-2-6-13-19/h1-8,10-15,24H,9,16-17H2,(H,25,27). The normalized spacial score (nSPS) is 10.2. The van der Waals surface area contributed by atoms with Gasteiger partial charge in [0, 0.05) is 29.9 Å². The fraction of sp³-hybridized carbons (Fsp3) is 0.130. The number of benzene rings is 3. The van der Waals surface area contributed by atoms with Crippen LogP contribution in [0.4, 0.5) is 5.69 Å². The average molecular weight is 358 g/mol. The maximum absolute atomic E-state index is 12.7. The molecule has 0 aliphatic rings. The Kier molecular flexibility index (Phi) is 6.36. The van der Waals surface area contributed by atoms with Crippen LogP contribution >= 0.6 is 0 Å².